The SMILES string of the molecule is CCNC(=NCc1ccccc1COc1ccccc1)NCC(=O)N1CCCC1.I. The molecule has 1 heterocycles. The molecule has 6 nitrogen and oxygen atoms in total. The van der Waals surface area contributed by atoms with Crippen molar-refractivity contribution in [3.05, 3.63) is 65.7 Å². The van der Waals surface area contributed by atoms with Gasteiger partial charge >= 0.3 is 0 Å². The molecule has 1 aliphatic rings. The van der Waals surface area contributed by atoms with E-state index in [0.717, 1.165) is 49.4 Å². The van der Waals surface area contributed by atoms with Crippen LogP contribution in [0.3, 0.4) is 0 Å². The molecular weight excluding hydrogens is 491 g/mol. The topological polar surface area (TPSA) is 66.0 Å². The Morgan fingerprint density at radius 3 is 2.37 bits per heavy atom. The van der Waals surface area contributed by atoms with Crippen LogP contribution in [0, 0.1) is 0 Å². The molecule has 0 aliphatic carbocycles. The molecule has 0 spiro atoms. The lowest BCUT2D eigenvalue weighted by Gasteiger charge is -2.17. The fraction of sp³-hybridized carbons (Fsp3) is 0.391. The Bertz CT molecular complexity index is 808. The third kappa shape index (κ3) is 7.51. The number of halogens is 1. The Morgan fingerprint density at radius 1 is 1.00 bits per heavy atom. The van der Waals surface area contributed by atoms with Crippen LogP contribution in [0.25, 0.3) is 0 Å². The van der Waals surface area contributed by atoms with Gasteiger partial charge in [0, 0.05) is 19.6 Å². The van der Waals surface area contributed by atoms with Gasteiger partial charge in [-0.15, -0.1) is 24.0 Å². The van der Waals surface area contributed by atoms with E-state index >= 15 is 0 Å². The maximum absolute atomic E-state index is 12.3. The number of hydrogen-bond acceptors (Lipinski definition) is 3. The summed E-state index contributed by atoms with van der Waals surface area (Å²) in [7, 11) is 0. The molecule has 2 aromatic carbocycles. The van der Waals surface area contributed by atoms with Crippen molar-refractivity contribution in [2.45, 2.75) is 32.9 Å². The first kappa shape index (κ1) is 24.0. The van der Waals surface area contributed by atoms with E-state index < -0.39 is 0 Å². The fourth-order valence-electron chi connectivity index (χ4n) is 3.27. The molecule has 1 fully saturated rings. The minimum atomic E-state index is 0. The van der Waals surface area contributed by atoms with Crippen molar-refractivity contribution < 1.29 is 9.53 Å². The molecule has 0 aromatic heterocycles. The Balaban J connectivity index is 0.00000320. The quantitative estimate of drug-likeness (QED) is 0.316. The van der Waals surface area contributed by atoms with Crippen LogP contribution in [0.15, 0.2) is 59.6 Å². The lowest BCUT2D eigenvalue weighted by atomic mass is 10.1. The van der Waals surface area contributed by atoms with Gasteiger partial charge in [-0.1, -0.05) is 42.5 Å². The average Bonchev–Trinajstić information content (AvgIpc) is 3.30. The van der Waals surface area contributed by atoms with E-state index in [0.29, 0.717) is 19.1 Å². The summed E-state index contributed by atoms with van der Waals surface area (Å²) in [4.78, 5) is 18.8. The Hall–Kier alpha value is -2.29. The van der Waals surface area contributed by atoms with Crippen molar-refractivity contribution in [2.75, 3.05) is 26.2 Å². The van der Waals surface area contributed by atoms with Gasteiger partial charge in [-0.3, -0.25) is 4.79 Å². The van der Waals surface area contributed by atoms with E-state index in [9.17, 15) is 4.79 Å². The Kier molecular flexibility index (Phi) is 10.5. The van der Waals surface area contributed by atoms with Gasteiger partial charge in [0.25, 0.3) is 0 Å². The van der Waals surface area contributed by atoms with Crippen molar-refractivity contribution in [2.24, 2.45) is 4.99 Å². The monoisotopic (exact) mass is 522 g/mol. The van der Waals surface area contributed by atoms with Gasteiger partial charge in [0.1, 0.15) is 12.4 Å². The van der Waals surface area contributed by atoms with Crippen LogP contribution in [0.5, 0.6) is 5.75 Å². The van der Waals surface area contributed by atoms with Gasteiger partial charge in [-0.05, 0) is 43.0 Å². The first-order chi connectivity index (χ1) is 14.3. The number of rotatable bonds is 8. The summed E-state index contributed by atoms with van der Waals surface area (Å²) in [6.07, 6.45) is 2.20. The summed E-state index contributed by atoms with van der Waals surface area (Å²) in [5.41, 5.74) is 2.20. The number of amides is 1. The molecule has 7 heteroatoms. The van der Waals surface area contributed by atoms with Gasteiger partial charge in [-0.2, -0.15) is 0 Å². The van der Waals surface area contributed by atoms with Gasteiger partial charge in [0.05, 0.1) is 13.1 Å². The lowest BCUT2D eigenvalue weighted by molar-refractivity contribution is -0.128. The molecule has 1 saturated heterocycles. The largest absolute Gasteiger partial charge is 0.489 e. The number of likely N-dealkylation sites (tertiary alicyclic amines) is 1. The van der Waals surface area contributed by atoms with Gasteiger partial charge in [-0.25, -0.2) is 4.99 Å². The highest BCUT2D eigenvalue weighted by molar-refractivity contribution is 14.0. The van der Waals surface area contributed by atoms with Crippen molar-refractivity contribution in [1.29, 1.82) is 0 Å². The number of carbonyl (C=O) groups is 1. The van der Waals surface area contributed by atoms with E-state index in [1.165, 1.54) is 0 Å². The predicted molar refractivity (Wildman–Crippen MR) is 131 cm³/mol. The number of nitrogens with one attached hydrogen (secondary N) is 2. The second-order valence-corrected chi connectivity index (χ2v) is 7.01. The van der Waals surface area contributed by atoms with Crippen molar-refractivity contribution >= 4 is 35.8 Å². The maximum Gasteiger partial charge on any atom is 0.241 e. The van der Waals surface area contributed by atoms with Gasteiger partial charge in [0.15, 0.2) is 5.96 Å². The molecule has 0 unspecified atom stereocenters. The van der Waals surface area contributed by atoms with Crippen LogP contribution in [0.4, 0.5) is 0 Å². The van der Waals surface area contributed by atoms with E-state index in [1.54, 1.807) is 0 Å². The van der Waals surface area contributed by atoms with Crippen molar-refractivity contribution in [1.82, 2.24) is 15.5 Å². The number of nitrogens with zero attached hydrogens (tertiary/aromatic N) is 2. The summed E-state index contributed by atoms with van der Waals surface area (Å²) in [6.45, 7) is 5.76. The molecule has 0 bridgehead atoms. The first-order valence-corrected chi connectivity index (χ1v) is 10.3. The van der Waals surface area contributed by atoms with Gasteiger partial charge < -0.3 is 20.3 Å². The molecule has 162 valence electrons. The summed E-state index contributed by atoms with van der Waals surface area (Å²) >= 11 is 0. The van der Waals surface area contributed by atoms with Crippen LogP contribution >= 0.6 is 24.0 Å². The van der Waals surface area contributed by atoms with Crippen LogP contribution in [-0.4, -0.2) is 42.9 Å². The number of para-hydroxylation sites is 1. The van der Waals surface area contributed by atoms with Crippen LogP contribution in [0.2, 0.25) is 0 Å². The number of aliphatic imine (C=N–C) groups is 1. The summed E-state index contributed by atoms with van der Waals surface area (Å²) in [5.74, 6) is 1.63. The normalized spacial score (nSPS) is 13.5. The standard InChI is InChI=1S/C23H30N4O2.HI/c1-2-24-23(26-17-22(28)27-14-8-9-15-27)25-16-19-10-6-7-11-20(19)18-29-21-12-4-3-5-13-21;/h3-7,10-13H,2,8-9,14-18H2,1H3,(H2,24,25,26);1H. The smallest absolute Gasteiger partial charge is 0.241 e. The molecule has 0 radical (unpaired) electrons. The molecule has 2 aromatic rings. The Labute approximate surface area is 196 Å². The van der Waals surface area contributed by atoms with Crippen molar-refractivity contribution in [3.8, 4) is 5.75 Å². The van der Waals surface area contributed by atoms with E-state index in [-0.39, 0.29) is 36.4 Å². The molecule has 1 amide bonds. The Morgan fingerprint density at radius 2 is 1.67 bits per heavy atom. The second-order valence-electron chi connectivity index (χ2n) is 7.01. The molecule has 2 N–H and O–H groups in total. The molecular formula is C23H31IN4O2. The van der Waals surface area contributed by atoms with Crippen LogP contribution < -0.4 is 15.4 Å². The second kappa shape index (κ2) is 13.1. The number of ether oxygens (including phenoxy) is 1. The molecule has 30 heavy (non-hydrogen) atoms. The fourth-order valence-corrected chi connectivity index (χ4v) is 3.27. The van der Waals surface area contributed by atoms with E-state index in [1.807, 2.05) is 54.3 Å². The maximum atomic E-state index is 12.3. The molecule has 0 atom stereocenters. The summed E-state index contributed by atoms with van der Waals surface area (Å²) in [5, 5.41) is 6.37. The number of guanidine groups is 1. The highest BCUT2D eigenvalue weighted by Gasteiger charge is 2.17. The minimum Gasteiger partial charge on any atom is -0.489 e. The third-order valence-corrected chi connectivity index (χ3v) is 4.87. The zero-order valence-corrected chi connectivity index (χ0v) is 19.8. The zero-order valence-electron chi connectivity index (χ0n) is 17.5. The van der Waals surface area contributed by atoms with E-state index in [2.05, 4.69) is 27.8 Å². The zero-order chi connectivity index (χ0) is 20.3. The molecule has 1 aliphatic heterocycles. The van der Waals surface area contributed by atoms with Gasteiger partial charge in [0.2, 0.25) is 5.91 Å². The number of carbonyl (C=O) groups excluding carboxylic acids is 1. The van der Waals surface area contributed by atoms with Crippen LogP contribution in [0.1, 0.15) is 30.9 Å². The highest BCUT2D eigenvalue weighted by Crippen LogP contribution is 2.15. The summed E-state index contributed by atoms with van der Waals surface area (Å²) < 4.78 is 5.89. The summed E-state index contributed by atoms with van der Waals surface area (Å²) in [6, 6.07) is 17.9. The molecule has 0 saturated carbocycles. The van der Waals surface area contributed by atoms with Crippen LogP contribution in [-0.2, 0) is 17.9 Å². The average molecular weight is 522 g/mol. The minimum absolute atomic E-state index is 0. The lowest BCUT2D eigenvalue weighted by Crippen LogP contribution is -2.44. The third-order valence-electron chi connectivity index (χ3n) is 4.87. The van der Waals surface area contributed by atoms with Crippen molar-refractivity contribution in [3.63, 3.8) is 0 Å². The number of benzene rings is 2. The predicted octanol–water partition coefficient (Wildman–Crippen LogP) is 3.56. The first-order valence-electron chi connectivity index (χ1n) is 10.3. The molecule has 3 rings (SSSR count). The highest BCUT2D eigenvalue weighted by atomic mass is 127. The number of hydrogen-bond donors (Lipinski definition) is 2. The van der Waals surface area contributed by atoms with E-state index in [4.69, 9.17) is 4.74 Å².